The number of fused-ring (bicyclic) bond motifs is 1. The van der Waals surface area contributed by atoms with Crippen molar-refractivity contribution in [3.8, 4) is 17.6 Å². The third-order valence-corrected chi connectivity index (χ3v) is 3.95. The molecule has 0 fully saturated rings. The van der Waals surface area contributed by atoms with Crippen molar-refractivity contribution >= 4 is 11.6 Å². The standard InChI is InChI=1S/C17H14ClNO/c18-16-10-14(9-8-13(16)11-19)20-17-7-3-5-12-4-1-2-6-15(12)17/h3,5,7-10H,1-2,4,6H2. The van der Waals surface area contributed by atoms with E-state index in [0.717, 1.165) is 18.6 Å². The molecule has 0 aliphatic heterocycles. The zero-order valence-electron chi connectivity index (χ0n) is 11.0. The minimum absolute atomic E-state index is 0.426. The number of halogens is 1. The molecule has 3 heteroatoms. The van der Waals surface area contributed by atoms with Crippen molar-refractivity contribution in [1.29, 1.82) is 5.26 Å². The molecule has 1 aliphatic rings. The van der Waals surface area contributed by atoms with Gasteiger partial charge in [-0.25, -0.2) is 0 Å². The van der Waals surface area contributed by atoms with Gasteiger partial charge in [0.25, 0.3) is 0 Å². The maximum atomic E-state index is 8.88. The van der Waals surface area contributed by atoms with Crippen LogP contribution in [0, 0.1) is 11.3 Å². The average molecular weight is 284 g/mol. The van der Waals surface area contributed by atoms with E-state index in [0.29, 0.717) is 16.3 Å². The van der Waals surface area contributed by atoms with E-state index in [1.54, 1.807) is 18.2 Å². The molecule has 0 unspecified atom stereocenters. The topological polar surface area (TPSA) is 33.0 Å². The molecule has 0 saturated heterocycles. The monoisotopic (exact) mass is 283 g/mol. The zero-order valence-corrected chi connectivity index (χ0v) is 11.8. The van der Waals surface area contributed by atoms with Crippen LogP contribution in [0.2, 0.25) is 5.02 Å². The maximum absolute atomic E-state index is 8.88. The normalized spacial score (nSPS) is 13.4. The molecule has 0 N–H and O–H groups in total. The summed E-state index contributed by atoms with van der Waals surface area (Å²) in [4.78, 5) is 0. The van der Waals surface area contributed by atoms with Crippen molar-refractivity contribution in [1.82, 2.24) is 0 Å². The van der Waals surface area contributed by atoms with Gasteiger partial charge in [0.15, 0.2) is 0 Å². The Morgan fingerprint density at radius 1 is 1.10 bits per heavy atom. The second-order valence-corrected chi connectivity index (χ2v) is 5.36. The van der Waals surface area contributed by atoms with E-state index in [-0.39, 0.29) is 0 Å². The molecule has 0 radical (unpaired) electrons. The third kappa shape index (κ3) is 2.50. The lowest BCUT2D eigenvalue weighted by Gasteiger charge is -2.19. The van der Waals surface area contributed by atoms with Gasteiger partial charge in [-0.2, -0.15) is 5.26 Å². The van der Waals surface area contributed by atoms with Gasteiger partial charge in [0.1, 0.15) is 17.6 Å². The van der Waals surface area contributed by atoms with Crippen LogP contribution in [0.15, 0.2) is 36.4 Å². The Hall–Kier alpha value is -1.98. The second kappa shape index (κ2) is 5.56. The summed E-state index contributed by atoms with van der Waals surface area (Å²) in [5, 5.41) is 9.31. The van der Waals surface area contributed by atoms with Crippen LogP contribution in [-0.4, -0.2) is 0 Å². The predicted octanol–water partition coefficient (Wildman–Crippen LogP) is 4.88. The van der Waals surface area contributed by atoms with E-state index in [1.165, 1.54) is 24.0 Å². The number of nitrogens with zero attached hydrogens (tertiary/aromatic N) is 1. The molecule has 0 aromatic heterocycles. The first kappa shape index (κ1) is 13.0. The highest BCUT2D eigenvalue weighted by molar-refractivity contribution is 6.31. The number of rotatable bonds is 2. The van der Waals surface area contributed by atoms with E-state index in [2.05, 4.69) is 6.07 Å². The smallest absolute Gasteiger partial charge is 0.130 e. The number of hydrogen-bond acceptors (Lipinski definition) is 2. The van der Waals surface area contributed by atoms with E-state index >= 15 is 0 Å². The molecule has 0 heterocycles. The largest absolute Gasteiger partial charge is 0.457 e. The third-order valence-electron chi connectivity index (χ3n) is 3.64. The van der Waals surface area contributed by atoms with Gasteiger partial charge in [0, 0.05) is 6.07 Å². The van der Waals surface area contributed by atoms with Crippen LogP contribution in [0.3, 0.4) is 0 Å². The summed E-state index contributed by atoms with van der Waals surface area (Å²) < 4.78 is 5.96. The first-order valence-corrected chi connectivity index (χ1v) is 7.14. The van der Waals surface area contributed by atoms with Crippen molar-refractivity contribution in [2.24, 2.45) is 0 Å². The molecule has 0 bridgehead atoms. The Morgan fingerprint density at radius 2 is 1.95 bits per heavy atom. The molecule has 2 aromatic rings. The average Bonchev–Trinajstić information content (AvgIpc) is 2.48. The number of benzene rings is 2. The van der Waals surface area contributed by atoms with Gasteiger partial charge in [-0.05, 0) is 55.0 Å². The van der Waals surface area contributed by atoms with Crippen molar-refractivity contribution in [2.45, 2.75) is 25.7 Å². The maximum Gasteiger partial charge on any atom is 0.130 e. The Balaban J connectivity index is 1.92. The number of hydrogen-bond donors (Lipinski definition) is 0. The Bertz CT molecular complexity index is 688. The van der Waals surface area contributed by atoms with Gasteiger partial charge in [0.2, 0.25) is 0 Å². The molecule has 2 nitrogen and oxygen atoms in total. The quantitative estimate of drug-likeness (QED) is 0.787. The van der Waals surface area contributed by atoms with Crippen molar-refractivity contribution < 1.29 is 4.74 Å². The summed E-state index contributed by atoms with van der Waals surface area (Å²) in [5.41, 5.74) is 3.15. The fraction of sp³-hybridized carbons (Fsp3) is 0.235. The Kier molecular flexibility index (Phi) is 3.62. The van der Waals surface area contributed by atoms with Crippen molar-refractivity contribution in [3.05, 3.63) is 58.1 Å². The zero-order chi connectivity index (χ0) is 13.9. The van der Waals surface area contributed by atoms with Gasteiger partial charge in [-0.3, -0.25) is 0 Å². The van der Waals surface area contributed by atoms with E-state index in [9.17, 15) is 0 Å². The molecule has 100 valence electrons. The number of nitriles is 1. The van der Waals surface area contributed by atoms with Gasteiger partial charge < -0.3 is 4.74 Å². The molecular formula is C17H14ClNO. The Labute approximate surface area is 123 Å². The number of ether oxygens (including phenoxy) is 1. The van der Waals surface area contributed by atoms with Crippen LogP contribution in [0.1, 0.15) is 29.5 Å². The van der Waals surface area contributed by atoms with Gasteiger partial charge >= 0.3 is 0 Å². The first-order valence-electron chi connectivity index (χ1n) is 6.76. The van der Waals surface area contributed by atoms with Gasteiger partial charge in [0.05, 0.1) is 10.6 Å². The van der Waals surface area contributed by atoms with Gasteiger partial charge in [-0.1, -0.05) is 23.7 Å². The molecule has 3 rings (SSSR count). The van der Waals surface area contributed by atoms with Gasteiger partial charge in [-0.15, -0.1) is 0 Å². The van der Waals surface area contributed by atoms with Crippen LogP contribution < -0.4 is 4.74 Å². The molecule has 20 heavy (non-hydrogen) atoms. The fourth-order valence-corrected chi connectivity index (χ4v) is 2.83. The molecule has 0 amide bonds. The minimum atomic E-state index is 0.426. The SMILES string of the molecule is N#Cc1ccc(Oc2cccc3c2CCCC3)cc1Cl. The van der Waals surface area contributed by atoms with E-state index < -0.39 is 0 Å². The summed E-state index contributed by atoms with van der Waals surface area (Å²) in [6.45, 7) is 0. The lowest BCUT2D eigenvalue weighted by molar-refractivity contribution is 0.470. The van der Waals surface area contributed by atoms with E-state index in [1.807, 2.05) is 18.2 Å². The second-order valence-electron chi connectivity index (χ2n) is 4.96. The molecular weight excluding hydrogens is 270 g/mol. The summed E-state index contributed by atoms with van der Waals surface area (Å²) >= 11 is 6.04. The van der Waals surface area contributed by atoms with Crippen molar-refractivity contribution in [3.63, 3.8) is 0 Å². The lowest BCUT2D eigenvalue weighted by atomic mass is 9.91. The van der Waals surface area contributed by atoms with Crippen LogP contribution in [0.25, 0.3) is 0 Å². The highest BCUT2D eigenvalue weighted by atomic mass is 35.5. The number of aryl methyl sites for hydroxylation is 1. The van der Waals surface area contributed by atoms with Crippen LogP contribution in [-0.2, 0) is 12.8 Å². The highest BCUT2D eigenvalue weighted by Crippen LogP contribution is 2.33. The predicted molar refractivity (Wildman–Crippen MR) is 79.3 cm³/mol. The van der Waals surface area contributed by atoms with E-state index in [4.69, 9.17) is 21.6 Å². The molecule has 1 aliphatic carbocycles. The Morgan fingerprint density at radius 3 is 2.75 bits per heavy atom. The molecule has 0 saturated carbocycles. The van der Waals surface area contributed by atoms with Crippen molar-refractivity contribution in [2.75, 3.05) is 0 Å². The summed E-state index contributed by atoms with van der Waals surface area (Å²) in [5.74, 6) is 1.58. The first-order chi connectivity index (χ1) is 9.78. The minimum Gasteiger partial charge on any atom is -0.457 e. The lowest BCUT2D eigenvalue weighted by Crippen LogP contribution is -2.04. The molecule has 2 aromatic carbocycles. The summed E-state index contributed by atoms with van der Waals surface area (Å²) in [6, 6.07) is 13.4. The molecule has 0 atom stereocenters. The fourth-order valence-electron chi connectivity index (χ4n) is 2.62. The van der Waals surface area contributed by atoms with Crippen LogP contribution >= 0.6 is 11.6 Å². The molecule has 0 spiro atoms. The summed E-state index contributed by atoms with van der Waals surface area (Å²) in [6.07, 6.45) is 4.65. The van der Waals surface area contributed by atoms with Crippen LogP contribution in [0.4, 0.5) is 0 Å². The summed E-state index contributed by atoms with van der Waals surface area (Å²) in [7, 11) is 0. The highest BCUT2D eigenvalue weighted by Gasteiger charge is 2.14. The van der Waals surface area contributed by atoms with Crippen LogP contribution in [0.5, 0.6) is 11.5 Å².